The number of hydrazine groups is 1. The molecule has 0 aromatic carbocycles. The Bertz CT molecular complexity index is 669. The van der Waals surface area contributed by atoms with E-state index in [9.17, 15) is 4.79 Å². The van der Waals surface area contributed by atoms with E-state index in [1.54, 1.807) is 11.3 Å². The van der Waals surface area contributed by atoms with Gasteiger partial charge in [0.15, 0.2) is 5.11 Å². The molecule has 150 valence electrons. The summed E-state index contributed by atoms with van der Waals surface area (Å²) in [7, 11) is 2.21. The van der Waals surface area contributed by atoms with Gasteiger partial charge < -0.3 is 15.0 Å². The fraction of sp³-hybridized carbons (Fsp3) is 0.684. The summed E-state index contributed by atoms with van der Waals surface area (Å²) in [4.78, 5) is 15.5. The molecular formula is C19H31N4O2S2+. The molecule has 0 amide bonds. The predicted octanol–water partition coefficient (Wildman–Crippen LogP) is 1.62. The van der Waals surface area contributed by atoms with Gasteiger partial charge in [0.2, 0.25) is 0 Å². The van der Waals surface area contributed by atoms with Gasteiger partial charge in [0.05, 0.1) is 45.4 Å². The topological polar surface area (TPSA) is 58.0 Å². The van der Waals surface area contributed by atoms with Crippen molar-refractivity contribution < 1.29 is 14.4 Å². The number of carbonyl (C=O) groups excluding carboxylic acids is 1. The van der Waals surface area contributed by atoms with Gasteiger partial charge >= 0.3 is 5.97 Å². The first-order chi connectivity index (χ1) is 13.1. The Morgan fingerprint density at radius 3 is 2.63 bits per heavy atom. The Morgan fingerprint density at radius 1 is 1.22 bits per heavy atom. The molecule has 8 heteroatoms. The molecule has 0 unspecified atom stereocenters. The molecule has 0 saturated carbocycles. The number of piperazine rings is 1. The van der Waals surface area contributed by atoms with Crippen molar-refractivity contribution in [3.05, 3.63) is 16.0 Å². The largest absolute Gasteiger partial charge is 0.462 e. The molecular weight excluding hydrogens is 380 g/mol. The third-order valence-electron chi connectivity index (χ3n) is 5.25. The van der Waals surface area contributed by atoms with E-state index in [0.29, 0.717) is 17.3 Å². The maximum Gasteiger partial charge on any atom is 0.341 e. The van der Waals surface area contributed by atoms with Crippen molar-refractivity contribution in [2.45, 2.75) is 45.4 Å². The van der Waals surface area contributed by atoms with Crippen LogP contribution in [0.4, 0.5) is 5.00 Å². The van der Waals surface area contributed by atoms with Crippen LogP contribution < -0.4 is 15.6 Å². The molecule has 2 heterocycles. The van der Waals surface area contributed by atoms with Crippen molar-refractivity contribution in [3.63, 3.8) is 0 Å². The summed E-state index contributed by atoms with van der Waals surface area (Å²) in [5.74, 6) is -0.232. The number of hydrogen-bond donors (Lipinski definition) is 3. The van der Waals surface area contributed by atoms with Crippen LogP contribution in [0.3, 0.4) is 0 Å². The zero-order valence-corrected chi connectivity index (χ0v) is 18.0. The third kappa shape index (κ3) is 5.40. The van der Waals surface area contributed by atoms with Gasteiger partial charge in [0, 0.05) is 4.88 Å². The number of likely N-dealkylation sites (N-methyl/N-ethyl adjacent to an activating group) is 1. The highest BCUT2D eigenvalue weighted by Crippen LogP contribution is 2.37. The maximum absolute atomic E-state index is 12.7. The maximum atomic E-state index is 12.7. The Hall–Kier alpha value is -1.22. The number of rotatable bonds is 4. The van der Waals surface area contributed by atoms with E-state index in [-0.39, 0.29) is 5.97 Å². The number of thiocarbonyl (C=S) groups is 1. The first-order valence-corrected chi connectivity index (χ1v) is 11.3. The normalized spacial score (nSPS) is 18.9. The van der Waals surface area contributed by atoms with Crippen LogP contribution in [0.15, 0.2) is 0 Å². The predicted molar refractivity (Wildman–Crippen MR) is 114 cm³/mol. The van der Waals surface area contributed by atoms with E-state index in [4.69, 9.17) is 17.0 Å². The number of ether oxygens (including phenoxy) is 1. The fourth-order valence-electron chi connectivity index (χ4n) is 3.70. The zero-order valence-electron chi connectivity index (χ0n) is 16.4. The molecule has 0 radical (unpaired) electrons. The molecule has 1 aliphatic heterocycles. The molecule has 1 saturated heterocycles. The van der Waals surface area contributed by atoms with Gasteiger partial charge in [0.25, 0.3) is 0 Å². The quantitative estimate of drug-likeness (QED) is 0.517. The van der Waals surface area contributed by atoms with Crippen LogP contribution in [0.2, 0.25) is 0 Å². The van der Waals surface area contributed by atoms with Gasteiger partial charge in [-0.2, -0.15) is 0 Å². The number of nitrogens with one attached hydrogen (secondary N) is 3. The van der Waals surface area contributed by atoms with E-state index in [2.05, 4.69) is 22.8 Å². The Kier molecular flexibility index (Phi) is 7.46. The monoisotopic (exact) mass is 411 g/mol. The number of thiophene rings is 1. The molecule has 0 bridgehead atoms. The summed E-state index contributed by atoms with van der Waals surface area (Å²) in [6.07, 6.45) is 6.79. The average Bonchev–Trinajstić information content (AvgIpc) is 2.93. The van der Waals surface area contributed by atoms with Gasteiger partial charge in [0.1, 0.15) is 5.00 Å². The lowest BCUT2D eigenvalue weighted by Gasteiger charge is -2.30. The van der Waals surface area contributed by atoms with Gasteiger partial charge in [-0.3, -0.25) is 5.43 Å². The first kappa shape index (κ1) is 20.5. The van der Waals surface area contributed by atoms with E-state index in [1.807, 2.05) is 6.92 Å². The van der Waals surface area contributed by atoms with E-state index in [0.717, 1.165) is 50.4 Å². The number of hydrogen-bond acceptors (Lipinski definition) is 5. The molecule has 27 heavy (non-hydrogen) atoms. The Morgan fingerprint density at radius 2 is 1.93 bits per heavy atom. The van der Waals surface area contributed by atoms with Crippen molar-refractivity contribution in [2.24, 2.45) is 0 Å². The minimum Gasteiger partial charge on any atom is -0.462 e. The lowest BCUT2D eigenvalue weighted by Crippen LogP contribution is -3.12. The van der Waals surface area contributed by atoms with E-state index in [1.165, 1.54) is 34.6 Å². The summed E-state index contributed by atoms with van der Waals surface area (Å²) in [5.41, 5.74) is 5.16. The van der Waals surface area contributed by atoms with Crippen LogP contribution in [0.5, 0.6) is 0 Å². The van der Waals surface area contributed by atoms with Crippen LogP contribution in [-0.2, 0) is 17.6 Å². The number of esters is 1. The van der Waals surface area contributed by atoms with Crippen molar-refractivity contribution in [1.82, 2.24) is 10.4 Å². The lowest BCUT2D eigenvalue weighted by molar-refractivity contribution is -0.884. The Balaban J connectivity index is 1.75. The number of nitrogens with zero attached hydrogens (tertiary/aromatic N) is 1. The second kappa shape index (κ2) is 9.82. The SMILES string of the molecule is CCOC(=O)c1c(NC(=S)NN2CC[NH+](C)CC2)sc2c1CCCCCC2. The van der Waals surface area contributed by atoms with E-state index >= 15 is 0 Å². The van der Waals surface area contributed by atoms with Crippen LogP contribution in [0, 0.1) is 0 Å². The highest BCUT2D eigenvalue weighted by Gasteiger charge is 2.26. The molecule has 2 aliphatic rings. The van der Waals surface area contributed by atoms with Crippen LogP contribution >= 0.6 is 23.6 Å². The molecule has 1 aliphatic carbocycles. The summed E-state index contributed by atoms with van der Waals surface area (Å²) in [6, 6.07) is 0. The number of fused-ring (bicyclic) bond motifs is 1. The number of aryl methyl sites for hydroxylation is 1. The number of quaternary nitrogens is 1. The first-order valence-electron chi connectivity index (χ1n) is 10.0. The lowest BCUT2D eigenvalue weighted by atomic mass is 9.96. The zero-order chi connectivity index (χ0) is 19.2. The van der Waals surface area contributed by atoms with Gasteiger partial charge in [-0.25, -0.2) is 9.80 Å². The number of carbonyl (C=O) groups is 1. The highest BCUT2D eigenvalue weighted by molar-refractivity contribution is 7.80. The average molecular weight is 412 g/mol. The second-order valence-corrected chi connectivity index (χ2v) is 8.87. The summed E-state index contributed by atoms with van der Waals surface area (Å²) in [6.45, 7) is 6.34. The van der Waals surface area contributed by atoms with Crippen LogP contribution in [0.1, 0.15) is 53.4 Å². The van der Waals surface area contributed by atoms with Gasteiger partial charge in [-0.15, -0.1) is 11.3 Å². The smallest absolute Gasteiger partial charge is 0.341 e. The third-order valence-corrected chi connectivity index (χ3v) is 6.66. The molecule has 3 rings (SSSR count). The fourth-order valence-corrected chi connectivity index (χ4v) is 5.28. The molecule has 1 fully saturated rings. The second-order valence-electron chi connectivity index (χ2n) is 7.35. The highest BCUT2D eigenvalue weighted by atomic mass is 32.1. The molecule has 6 nitrogen and oxygen atoms in total. The van der Waals surface area contributed by atoms with E-state index < -0.39 is 0 Å². The minimum absolute atomic E-state index is 0.232. The summed E-state index contributed by atoms with van der Waals surface area (Å²) >= 11 is 7.20. The van der Waals surface area contributed by atoms with Crippen molar-refractivity contribution in [3.8, 4) is 0 Å². The molecule has 0 atom stereocenters. The van der Waals surface area contributed by atoms with Crippen molar-refractivity contribution >= 4 is 39.6 Å². The molecule has 1 aromatic heterocycles. The standard InChI is InChI=1S/C19H30N4O2S2/c1-3-25-18(24)16-14-8-6-4-5-7-9-15(14)27-17(16)20-19(26)21-23-12-10-22(2)11-13-23/h3-13H2,1-2H3,(H2,20,21,26)/p+1. The summed E-state index contributed by atoms with van der Waals surface area (Å²) in [5, 5.41) is 6.83. The van der Waals surface area contributed by atoms with Gasteiger partial charge in [-0.05, 0) is 50.4 Å². The van der Waals surface area contributed by atoms with Gasteiger partial charge in [-0.1, -0.05) is 12.8 Å². The minimum atomic E-state index is -0.232. The molecule has 1 aromatic rings. The van der Waals surface area contributed by atoms with Crippen LogP contribution in [-0.4, -0.2) is 55.9 Å². The Labute approximate surface area is 171 Å². The molecule has 0 spiro atoms. The number of anilines is 1. The molecule has 3 N–H and O–H groups in total. The van der Waals surface area contributed by atoms with Crippen molar-refractivity contribution in [1.29, 1.82) is 0 Å². The summed E-state index contributed by atoms with van der Waals surface area (Å²) < 4.78 is 5.36. The van der Waals surface area contributed by atoms with Crippen LogP contribution in [0.25, 0.3) is 0 Å². The van der Waals surface area contributed by atoms with Crippen molar-refractivity contribution in [2.75, 3.05) is 45.2 Å².